The third kappa shape index (κ3) is 4.63. The monoisotopic (exact) mass is 335 g/mol. The predicted molar refractivity (Wildman–Crippen MR) is 89.4 cm³/mol. The number of carbonyl (C=O) groups excluding carboxylic acids is 2. The SMILES string of the molecule is COC(=O)c1ccc(OC)cc1OCC(=O)NC1CCCCC1C. The molecule has 6 heteroatoms. The maximum atomic E-state index is 12.2. The Morgan fingerprint density at radius 1 is 1.21 bits per heavy atom. The summed E-state index contributed by atoms with van der Waals surface area (Å²) in [4.78, 5) is 23.9. The molecule has 0 saturated heterocycles. The Balaban J connectivity index is 1.99. The molecule has 0 aromatic heterocycles. The van der Waals surface area contributed by atoms with Gasteiger partial charge >= 0.3 is 5.97 Å². The number of ether oxygens (including phenoxy) is 3. The van der Waals surface area contributed by atoms with Crippen LogP contribution in [0.3, 0.4) is 0 Å². The number of esters is 1. The van der Waals surface area contributed by atoms with Gasteiger partial charge < -0.3 is 19.5 Å². The van der Waals surface area contributed by atoms with Crippen LogP contribution >= 0.6 is 0 Å². The normalized spacial score (nSPS) is 20.1. The number of carbonyl (C=O) groups is 2. The Kier molecular flexibility index (Phi) is 6.46. The molecule has 2 atom stereocenters. The topological polar surface area (TPSA) is 73.9 Å². The molecule has 1 aliphatic rings. The zero-order valence-electron chi connectivity index (χ0n) is 14.5. The summed E-state index contributed by atoms with van der Waals surface area (Å²) in [6, 6.07) is 4.97. The van der Waals surface area contributed by atoms with E-state index in [0.29, 0.717) is 11.7 Å². The number of methoxy groups -OCH3 is 2. The van der Waals surface area contributed by atoms with Crippen LogP contribution in [0.1, 0.15) is 43.0 Å². The zero-order valence-corrected chi connectivity index (χ0v) is 14.5. The average molecular weight is 335 g/mol. The summed E-state index contributed by atoms with van der Waals surface area (Å²) >= 11 is 0. The van der Waals surface area contributed by atoms with Gasteiger partial charge in [-0.1, -0.05) is 19.8 Å². The van der Waals surface area contributed by atoms with Crippen molar-refractivity contribution >= 4 is 11.9 Å². The lowest BCUT2D eigenvalue weighted by Crippen LogP contribution is -2.43. The molecule has 1 amide bonds. The number of nitrogens with one attached hydrogen (secondary N) is 1. The van der Waals surface area contributed by atoms with Crippen molar-refractivity contribution < 1.29 is 23.8 Å². The van der Waals surface area contributed by atoms with Gasteiger partial charge in [0.25, 0.3) is 5.91 Å². The van der Waals surface area contributed by atoms with Crippen molar-refractivity contribution in [3.8, 4) is 11.5 Å². The lowest BCUT2D eigenvalue weighted by atomic mass is 9.86. The molecule has 2 rings (SSSR count). The molecule has 0 radical (unpaired) electrons. The third-order valence-electron chi connectivity index (χ3n) is 4.41. The molecule has 0 bridgehead atoms. The van der Waals surface area contributed by atoms with Crippen molar-refractivity contribution in [1.29, 1.82) is 0 Å². The molecular formula is C18H25NO5. The van der Waals surface area contributed by atoms with E-state index in [1.165, 1.54) is 20.6 Å². The molecular weight excluding hydrogens is 310 g/mol. The van der Waals surface area contributed by atoms with Gasteiger partial charge in [0.15, 0.2) is 6.61 Å². The maximum absolute atomic E-state index is 12.2. The molecule has 1 fully saturated rings. The van der Waals surface area contributed by atoms with E-state index in [-0.39, 0.29) is 29.9 Å². The molecule has 0 aliphatic heterocycles. The minimum absolute atomic E-state index is 0.152. The Labute approximate surface area is 142 Å². The first-order valence-corrected chi connectivity index (χ1v) is 8.23. The van der Waals surface area contributed by atoms with Crippen molar-refractivity contribution in [1.82, 2.24) is 5.32 Å². The van der Waals surface area contributed by atoms with E-state index in [9.17, 15) is 9.59 Å². The summed E-state index contributed by atoms with van der Waals surface area (Å²) in [6.45, 7) is 2.00. The summed E-state index contributed by atoms with van der Waals surface area (Å²) in [7, 11) is 2.82. The lowest BCUT2D eigenvalue weighted by Gasteiger charge is -2.29. The molecule has 0 spiro atoms. The van der Waals surface area contributed by atoms with Gasteiger partial charge in [0.1, 0.15) is 17.1 Å². The van der Waals surface area contributed by atoms with Gasteiger partial charge in [0.05, 0.1) is 14.2 Å². The maximum Gasteiger partial charge on any atom is 0.341 e. The third-order valence-corrected chi connectivity index (χ3v) is 4.41. The van der Waals surface area contributed by atoms with Gasteiger partial charge in [-0.25, -0.2) is 4.79 Å². The minimum Gasteiger partial charge on any atom is -0.497 e. The molecule has 2 unspecified atom stereocenters. The van der Waals surface area contributed by atoms with Crippen LogP contribution in [0.4, 0.5) is 0 Å². The number of amides is 1. The molecule has 24 heavy (non-hydrogen) atoms. The van der Waals surface area contributed by atoms with Gasteiger partial charge in [-0.2, -0.15) is 0 Å². The van der Waals surface area contributed by atoms with Crippen LogP contribution in [-0.4, -0.2) is 38.7 Å². The summed E-state index contributed by atoms with van der Waals surface area (Å²) < 4.78 is 15.4. The van der Waals surface area contributed by atoms with Crippen molar-refractivity contribution in [3.63, 3.8) is 0 Å². The highest BCUT2D eigenvalue weighted by Crippen LogP contribution is 2.26. The second-order valence-electron chi connectivity index (χ2n) is 6.08. The number of hydrogen-bond donors (Lipinski definition) is 1. The lowest BCUT2D eigenvalue weighted by molar-refractivity contribution is -0.124. The molecule has 6 nitrogen and oxygen atoms in total. The molecule has 1 aromatic carbocycles. The van der Waals surface area contributed by atoms with Crippen molar-refractivity contribution in [2.75, 3.05) is 20.8 Å². The smallest absolute Gasteiger partial charge is 0.341 e. The van der Waals surface area contributed by atoms with Gasteiger partial charge in [0, 0.05) is 12.1 Å². The fourth-order valence-electron chi connectivity index (χ4n) is 2.95. The molecule has 1 aromatic rings. The second kappa shape index (κ2) is 8.57. The Bertz CT molecular complexity index is 587. The second-order valence-corrected chi connectivity index (χ2v) is 6.08. The molecule has 132 valence electrons. The highest BCUT2D eigenvalue weighted by atomic mass is 16.5. The number of rotatable bonds is 6. The fraction of sp³-hybridized carbons (Fsp3) is 0.556. The van der Waals surface area contributed by atoms with Gasteiger partial charge in [0.2, 0.25) is 0 Å². The molecule has 1 N–H and O–H groups in total. The Morgan fingerprint density at radius 2 is 1.96 bits per heavy atom. The van der Waals surface area contributed by atoms with Crippen molar-refractivity contribution in [2.45, 2.75) is 38.6 Å². The summed E-state index contributed by atoms with van der Waals surface area (Å²) in [6.07, 6.45) is 4.49. The van der Waals surface area contributed by atoms with E-state index in [0.717, 1.165) is 19.3 Å². The van der Waals surface area contributed by atoms with E-state index >= 15 is 0 Å². The molecule has 0 heterocycles. The van der Waals surface area contributed by atoms with E-state index < -0.39 is 5.97 Å². The first-order chi connectivity index (χ1) is 11.5. The summed E-state index contributed by atoms with van der Waals surface area (Å²) in [5.41, 5.74) is 0.261. The van der Waals surface area contributed by atoms with E-state index in [1.807, 2.05) is 0 Å². The van der Waals surface area contributed by atoms with Crippen LogP contribution in [0.2, 0.25) is 0 Å². The minimum atomic E-state index is -0.519. The fourth-order valence-corrected chi connectivity index (χ4v) is 2.95. The van der Waals surface area contributed by atoms with Gasteiger partial charge in [-0.3, -0.25) is 4.79 Å². The largest absolute Gasteiger partial charge is 0.497 e. The summed E-state index contributed by atoms with van der Waals surface area (Å²) in [5, 5.41) is 3.02. The Morgan fingerprint density at radius 3 is 2.62 bits per heavy atom. The van der Waals surface area contributed by atoms with Crippen LogP contribution in [0, 0.1) is 5.92 Å². The van der Waals surface area contributed by atoms with E-state index in [1.54, 1.807) is 18.2 Å². The van der Waals surface area contributed by atoms with E-state index in [4.69, 9.17) is 14.2 Å². The van der Waals surface area contributed by atoms with Crippen LogP contribution in [0.5, 0.6) is 11.5 Å². The van der Waals surface area contributed by atoms with Crippen LogP contribution < -0.4 is 14.8 Å². The number of benzene rings is 1. The van der Waals surface area contributed by atoms with E-state index in [2.05, 4.69) is 12.2 Å². The zero-order chi connectivity index (χ0) is 17.5. The predicted octanol–water partition coefficient (Wildman–Crippen LogP) is 2.56. The number of hydrogen-bond acceptors (Lipinski definition) is 5. The van der Waals surface area contributed by atoms with Crippen LogP contribution in [0.25, 0.3) is 0 Å². The van der Waals surface area contributed by atoms with Crippen molar-refractivity contribution in [3.05, 3.63) is 23.8 Å². The highest BCUT2D eigenvalue weighted by molar-refractivity contribution is 5.92. The standard InChI is InChI=1S/C18H25NO5/c1-12-6-4-5-7-15(12)19-17(20)11-24-16-10-13(22-2)8-9-14(16)18(21)23-3/h8-10,12,15H,4-7,11H2,1-3H3,(H,19,20). The quantitative estimate of drug-likeness (QED) is 0.809. The van der Waals surface area contributed by atoms with Gasteiger partial charge in [-0.05, 0) is 30.9 Å². The average Bonchev–Trinajstić information content (AvgIpc) is 2.61. The first-order valence-electron chi connectivity index (χ1n) is 8.23. The van der Waals surface area contributed by atoms with Crippen LogP contribution in [0.15, 0.2) is 18.2 Å². The first kappa shape index (κ1) is 18.1. The van der Waals surface area contributed by atoms with Crippen LogP contribution in [-0.2, 0) is 9.53 Å². The molecule has 1 saturated carbocycles. The Hall–Kier alpha value is -2.24. The van der Waals surface area contributed by atoms with Gasteiger partial charge in [-0.15, -0.1) is 0 Å². The van der Waals surface area contributed by atoms with Crippen molar-refractivity contribution in [2.24, 2.45) is 5.92 Å². The molecule has 1 aliphatic carbocycles. The summed E-state index contributed by atoms with van der Waals surface area (Å²) in [5.74, 6) is 0.582. The highest BCUT2D eigenvalue weighted by Gasteiger charge is 2.23.